The molecule has 0 fully saturated rings. The van der Waals surface area contributed by atoms with Gasteiger partial charge in [0.15, 0.2) is 5.71 Å². The van der Waals surface area contributed by atoms with Crippen LogP contribution in [-0.4, -0.2) is 29.9 Å². The Hall–Kier alpha value is -4.19. The molecule has 1 amide bonds. The predicted octanol–water partition coefficient (Wildman–Crippen LogP) is 2.95. The maximum absolute atomic E-state index is 13.1. The molecular formula is C27H22N2O4. The minimum absolute atomic E-state index is 0.0187. The number of carbonyl (C=O) groups excluding carboxylic acids is 2. The van der Waals surface area contributed by atoms with Gasteiger partial charge in [0, 0.05) is 11.5 Å². The summed E-state index contributed by atoms with van der Waals surface area (Å²) < 4.78 is 4.80. The smallest absolute Gasteiger partial charge is 0.337 e. The molecule has 6 heteroatoms. The zero-order valence-corrected chi connectivity index (χ0v) is 18.1. The molecule has 3 aromatic carbocycles. The minimum atomic E-state index is -0.436. The molecule has 0 saturated heterocycles. The minimum Gasteiger partial charge on any atom is -0.465 e. The SMILES string of the molecule is COC(=O)c1cccc(CN2C(=O)/C(=N/O)c3ccc(C4C=c5ccccc5=CC4)cc32)c1. The summed E-state index contributed by atoms with van der Waals surface area (Å²) in [5.41, 5.74) is 3.58. The second kappa shape index (κ2) is 8.39. The van der Waals surface area contributed by atoms with E-state index in [1.165, 1.54) is 17.5 Å². The molecule has 5 rings (SSSR count). The fraction of sp³-hybridized carbons (Fsp3) is 0.148. The van der Waals surface area contributed by atoms with Crippen molar-refractivity contribution in [2.45, 2.75) is 18.9 Å². The van der Waals surface area contributed by atoms with Crippen LogP contribution in [0.3, 0.4) is 0 Å². The maximum atomic E-state index is 13.1. The highest BCUT2D eigenvalue weighted by molar-refractivity contribution is 6.54. The fourth-order valence-corrected chi connectivity index (χ4v) is 4.53. The van der Waals surface area contributed by atoms with Crippen molar-refractivity contribution in [1.29, 1.82) is 0 Å². The molecule has 0 radical (unpaired) electrons. The van der Waals surface area contributed by atoms with Crippen molar-refractivity contribution < 1.29 is 19.5 Å². The Morgan fingerprint density at radius 3 is 2.70 bits per heavy atom. The molecule has 1 aliphatic heterocycles. The first kappa shape index (κ1) is 20.7. The summed E-state index contributed by atoms with van der Waals surface area (Å²) in [6.45, 7) is 0.239. The molecule has 2 aliphatic rings. The van der Waals surface area contributed by atoms with Crippen molar-refractivity contribution in [3.8, 4) is 0 Å². The largest absolute Gasteiger partial charge is 0.465 e. The lowest BCUT2D eigenvalue weighted by molar-refractivity contribution is -0.112. The van der Waals surface area contributed by atoms with Crippen LogP contribution < -0.4 is 15.3 Å². The van der Waals surface area contributed by atoms with Crippen LogP contribution in [0.1, 0.15) is 39.4 Å². The van der Waals surface area contributed by atoms with E-state index in [0.717, 1.165) is 17.5 Å². The van der Waals surface area contributed by atoms with Gasteiger partial charge in [-0.2, -0.15) is 0 Å². The fourth-order valence-electron chi connectivity index (χ4n) is 4.53. The number of nitrogens with zero attached hydrogens (tertiary/aromatic N) is 2. The molecule has 6 nitrogen and oxygen atoms in total. The van der Waals surface area contributed by atoms with Crippen LogP contribution in [0.5, 0.6) is 0 Å². The zero-order chi connectivity index (χ0) is 22.9. The second-order valence-electron chi connectivity index (χ2n) is 8.15. The van der Waals surface area contributed by atoms with Crippen LogP contribution in [-0.2, 0) is 16.1 Å². The molecule has 1 aliphatic carbocycles. The molecule has 0 bridgehead atoms. The number of oxime groups is 1. The topological polar surface area (TPSA) is 79.2 Å². The zero-order valence-electron chi connectivity index (χ0n) is 18.1. The molecule has 0 spiro atoms. The quantitative estimate of drug-likeness (QED) is 0.386. The van der Waals surface area contributed by atoms with Crippen LogP contribution in [0.25, 0.3) is 12.2 Å². The Kier molecular flexibility index (Phi) is 5.26. The van der Waals surface area contributed by atoms with Gasteiger partial charge in [0.05, 0.1) is 24.9 Å². The van der Waals surface area contributed by atoms with Crippen LogP contribution in [0, 0.1) is 0 Å². The first-order chi connectivity index (χ1) is 16.1. The van der Waals surface area contributed by atoms with Crippen LogP contribution >= 0.6 is 0 Å². The standard InChI is InChI=1S/C27H22N2O4/c1-33-27(31)22-8-4-5-17(13-22)16-29-24-15-21(11-12-23(24)25(28-32)26(29)30)20-10-9-18-6-2-3-7-19(18)14-20/h2-9,11-15,20,32H,10,16H2,1H3/b28-25+. The highest BCUT2D eigenvalue weighted by Gasteiger charge is 2.35. The molecule has 1 heterocycles. The van der Waals surface area contributed by atoms with Crippen LogP contribution in [0.4, 0.5) is 5.69 Å². The lowest BCUT2D eigenvalue weighted by Crippen LogP contribution is -2.29. The van der Waals surface area contributed by atoms with Crippen molar-refractivity contribution in [1.82, 2.24) is 0 Å². The van der Waals surface area contributed by atoms with Gasteiger partial charge in [-0.05, 0) is 46.2 Å². The number of anilines is 1. The molecule has 1 N–H and O–H groups in total. The van der Waals surface area contributed by atoms with Gasteiger partial charge >= 0.3 is 5.97 Å². The van der Waals surface area contributed by atoms with Gasteiger partial charge in [-0.1, -0.05) is 65.8 Å². The number of ether oxygens (including phenoxy) is 1. The number of esters is 1. The van der Waals surface area contributed by atoms with Gasteiger partial charge in [0.2, 0.25) is 0 Å². The Labute approximate surface area is 190 Å². The number of hydrogen-bond acceptors (Lipinski definition) is 5. The van der Waals surface area contributed by atoms with Crippen molar-refractivity contribution in [2.24, 2.45) is 5.16 Å². The van der Waals surface area contributed by atoms with E-state index in [-0.39, 0.29) is 24.1 Å². The first-order valence-corrected chi connectivity index (χ1v) is 10.7. The van der Waals surface area contributed by atoms with Crippen molar-refractivity contribution in [2.75, 3.05) is 12.0 Å². The van der Waals surface area contributed by atoms with Gasteiger partial charge < -0.3 is 14.8 Å². The molecule has 1 unspecified atom stereocenters. The monoisotopic (exact) mass is 438 g/mol. The molecule has 164 valence electrons. The third-order valence-corrected chi connectivity index (χ3v) is 6.20. The molecule has 0 saturated carbocycles. The Morgan fingerprint density at radius 1 is 1.09 bits per heavy atom. The van der Waals surface area contributed by atoms with Gasteiger partial charge in [-0.25, -0.2) is 4.79 Å². The van der Waals surface area contributed by atoms with Gasteiger partial charge in [0.25, 0.3) is 5.91 Å². The van der Waals surface area contributed by atoms with Crippen LogP contribution in [0.2, 0.25) is 0 Å². The molecular weight excluding hydrogens is 416 g/mol. The number of fused-ring (bicyclic) bond motifs is 2. The Morgan fingerprint density at radius 2 is 1.91 bits per heavy atom. The van der Waals surface area contributed by atoms with Crippen molar-refractivity contribution in [3.63, 3.8) is 0 Å². The lowest BCUT2D eigenvalue weighted by Gasteiger charge is -2.20. The maximum Gasteiger partial charge on any atom is 0.337 e. The summed E-state index contributed by atoms with van der Waals surface area (Å²) in [5, 5.41) is 15.2. The lowest BCUT2D eigenvalue weighted by atomic mass is 9.89. The molecule has 0 aromatic heterocycles. The van der Waals surface area contributed by atoms with Crippen molar-refractivity contribution in [3.05, 3.63) is 99.4 Å². The van der Waals surface area contributed by atoms with E-state index in [2.05, 4.69) is 29.4 Å². The summed E-state index contributed by atoms with van der Waals surface area (Å²) in [4.78, 5) is 26.6. The normalized spacial score (nSPS) is 17.7. The van der Waals surface area contributed by atoms with Gasteiger partial charge in [-0.15, -0.1) is 0 Å². The van der Waals surface area contributed by atoms with E-state index < -0.39 is 5.97 Å². The van der Waals surface area contributed by atoms with E-state index in [4.69, 9.17) is 4.74 Å². The highest BCUT2D eigenvalue weighted by atomic mass is 16.5. The van der Waals surface area contributed by atoms with Crippen LogP contribution in [0.15, 0.2) is 71.9 Å². The first-order valence-electron chi connectivity index (χ1n) is 10.7. The summed E-state index contributed by atoms with van der Waals surface area (Å²) >= 11 is 0. The summed E-state index contributed by atoms with van der Waals surface area (Å²) in [6, 6.07) is 21.1. The Balaban J connectivity index is 1.52. The van der Waals surface area contributed by atoms with Gasteiger partial charge in [0.1, 0.15) is 0 Å². The number of amides is 1. The van der Waals surface area contributed by atoms with E-state index >= 15 is 0 Å². The van der Waals surface area contributed by atoms with E-state index in [1.807, 2.05) is 36.4 Å². The third-order valence-electron chi connectivity index (χ3n) is 6.20. The molecule has 1 atom stereocenters. The number of benzene rings is 3. The van der Waals surface area contributed by atoms with E-state index in [1.54, 1.807) is 23.1 Å². The summed E-state index contributed by atoms with van der Waals surface area (Å²) in [5.74, 6) is -0.633. The summed E-state index contributed by atoms with van der Waals surface area (Å²) in [6.07, 6.45) is 5.35. The number of hydrogen-bond donors (Lipinski definition) is 1. The van der Waals surface area contributed by atoms with Crippen molar-refractivity contribution >= 4 is 35.4 Å². The number of carbonyl (C=O) groups is 2. The summed E-state index contributed by atoms with van der Waals surface area (Å²) in [7, 11) is 1.33. The molecule has 3 aromatic rings. The second-order valence-corrected chi connectivity index (χ2v) is 8.15. The van der Waals surface area contributed by atoms with E-state index in [0.29, 0.717) is 16.8 Å². The average Bonchev–Trinajstić information content (AvgIpc) is 3.13. The van der Waals surface area contributed by atoms with E-state index in [9.17, 15) is 14.8 Å². The predicted molar refractivity (Wildman–Crippen MR) is 126 cm³/mol. The third kappa shape index (κ3) is 3.69. The number of rotatable bonds is 4. The average molecular weight is 438 g/mol. The number of methoxy groups -OCH3 is 1. The highest BCUT2D eigenvalue weighted by Crippen LogP contribution is 2.35. The molecule has 33 heavy (non-hydrogen) atoms. The van der Waals surface area contributed by atoms with Gasteiger partial charge in [-0.3, -0.25) is 4.79 Å². The Bertz CT molecular complexity index is 1420.